The first-order valence-electron chi connectivity index (χ1n) is 9.18. The second kappa shape index (κ2) is 9.77. The highest BCUT2D eigenvalue weighted by atomic mass is 32.2. The van der Waals surface area contributed by atoms with Gasteiger partial charge in [0, 0.05) is 32.7 Å². The second-order valence-corrected chi connectivity index (χ2v) is 8.17. The molecule has 3 aromatic rings. The fraction of sp³-hybridized carbons (Fsp3) is 0.217. The van der Waals surface area contributed by atoms with Crippen LogP contribution in [0.2, 0.25) is 0 Å². The van der Waals surface area contributed by atoms with Gasteiger partial charge >= 0.3 is 0 Å². The second-order valence-electron chi connectivity index (χ2n) is 5.97. The van der Waals surface area contributed by atoms with Crippen LogP contribution < -0.4 is 9.64 Å². The van der Waals surface area contributed by atoms with Crippen LogP contribution in [0.4, 0.5) is 5.69 Å². The third-order valence-electron chi connectivity index (χ3n) is 4.33. The Balaban J connectivity index is 1.86. The van der Waals surface area contributed by atoms with Crippen molar-refractivity contribution in [1.82, 2.24) is 0 Å². The van der Waals surface area contributed by atoms with Crippen LogP contribution in [-0.2, 0) is 0 Å². The maximum Gasteiger partial charge on any atom is 0.118 e. The van der Waals surface area contributed by atoms with E-state index in [0.29, 0.717) is 0 Å². The number of para-hydroxylation sites is 1. The van der Waals surface area contributed by atoms with Crippen LogP contribution in [0.3, 0.4) is 0 Å². The molecule has 0 N–H and O–H groups in total. The van der Waals surface area contributed by atoms with E-state index in [0.717, 1.165) is 18.8 Å². The van der Waals surface area contributed by atoms with Crippen LogP contribution in [0.25, 0.3) is 0 Å². The molecule has 0 saturated carbocycles. The Labute approximate surface area is 170 Å². The summed E-state index contributed by atoms with van der Waals surface area (Å²) in [4.78, 5) is 7.45. The maximum atomic E-state index is 5.26. The van der Waals surface area contributed by atoms with E-state index in [4.69, 9.17) is 4.74 Å². The Morgan fingerprint density at radius 2 is 1.26 bits per heavy atom. The Bertz CT molecular complexity index is 860. The predicted molar refractivity (Wildman–Crippen MR) is 118 cm³/mol. The average Bonchev–Trinajstić information content (AvgIpc) is 2.72. The van der Waals surface area contributed by atoms with Gasteiger partial charge in [0.25, 0.3) is 0 Å². The quantitative estimate of drug-likeness (QED) is 0.413. The summed E-state index contributed by atoms with van der Waals surface area (Å²) in [5.74, 6) is 0.884. The molecule has 0 saturated heterocycles. The van der Waals surface area contributed by atoms with E-state index in [1.165, 1.54) is 25.3 Å². The molecule has 27 heavy (non-hydrogen) atoms. The number of anilines is 1. The number of rotatable bonds is 8. The van der Waals surface area contributed by atoms with Gasteiger partial charge in [-0.3, -0.25) is 0 Å². The highest BCUT2D eigenvalue weighted by Gasteiger charge is 2.12. The van der Waals surface area contributed by atoms with Gasteiger partial charge in [-0.15, -0.1) is 0 Å². The molecule has 140 valence electrons. The summed E-state index contributed by atoms with van der Waals surface area (Å²) in [7, 11) is 1.70. The van der Waals surface area contributed by atoms with E-state index in [-0.39, 0.29) is 0 Å². The van der Waals surface area contributed by atoms with Crippen molar-refractivity contribution in [3.63, 3.8) is 0 Å². The highest BCUT2D eigenvalue weighted by Crippen LogP contribution is 2.41. The van der Waals surface area contributed by atoms with E-state index in [1.807, 2.05) is 23.9 Å². The van der Waals surface area contributed by atoms with E-state index in [2.05, 4.69) is 79.4 Å². The lowest BCUT2D eigenvalue weighted by Gasteiger charge is -2.24. The zero-order valence-corrected chi connectivity index (χ0v) is 17.6. The van der Waals surface area contributed by atoms with Gasteiger partial charge in [-0.25, -0.2) is 0 Å². The number of hydrogen-bond acceptors (Lipinski definition) is 4. The van der Waals surface area contributed by atoms with Crippen LogP contribution in [0, 0.1) is 0 Å². The Kier molecular flexibility index (Phi) is 7.13. The van der Waals surface area contributed by atoms with Crippen LogP contribution in [0.5, 0.6) is 5.75 Å². The van der Waals surface area contributed by atoms with Gasteiger partial charge < -0.3 is 9.64 Å². The molecule has 0 unspecified atom stereocenters. The zero-order chi connectivity index (χ0) is 19.1. The molecule has 0 aliphatic rings. The van der Waals surface area contributed by atoms with Crippen LogP contribution in [-0.4, -0.2) is 20.2 Å². The summed E-state index contributed by atoms with van der Waals surface area (Å²) >= 11 is 3.63. The van der Waals surface area contributed by atoms with Crippen molar-refractivity contribution in [3.05, 3.63) is 72.8 Å². The normalized spacial score (nSPS) is 10.6. The van der Waals surface area contributed by atoms with E-state index in [1.54, 1.807) is 18.9 Å². The first kappa shape index (κ1) is 19.7. The molecule has 0 radical (unpaired) electrons. The lowest BCUT2D eigenvalue weighted by Crippen LogP contribution is -2.22. The van der Waals surface area contributed by atoms with Gasteiger partial charge in [-0.05, 0) is 62.4 Å². The minimum atomic E-state index is 0.884. The van der Waals surface area contributed by atoms with Crippen LogP contribution in [0.1, 0.15) is 13.8 Å². The van der Waals surface area contributed by atoms with Gasteiger partial charge in [0.2, 0.25) is 0 Å². The van der Waals surface area contributed by atoms with Crippen molar-refractivity contribution in [2.75, 3.05) is 25.1 Å². The number of benzene rings is 3. The third kappa shape index (κ3) is 5.02. The van der Waals surface area contributed by atoms with Gasteiger partial charge in [-0.1, -0.05) is 47.8 Å². The van der Waals surface area contributed by atoms with Gasteiger partial charge in [0.15, 0.2) is 0 Å². The zero-order valence-electron chi connectivity index (χ0n) is 16.0. The molecular weight excluding hydrogens is 370 g/mol. The Morgan fingerprint density at radius 1 is 0.704 bits per heavy atom. The topological polar surface area (TPSA) is 12.5 Å². The lowest BCUT2D eigenvalue weighted by molar-refractivity contribution is 0.414. The summed E-state index contributed by atoms with van der Waals surface area (Å²) in [6, 6.07) is 25.5. The Hall–Kier alpha value is -2.04. The molecule has 0 amide bonds. The van der Waals surface area contributed by atoms with E-state index < -0.39 is 0 Å². The van der Waals surface area contributed by atoms with E-state index >= 15 is 0 Å². The van der Waals surface area contributed by atoms with Crippen molar-refractivity contribution in [2.24, 2.45) is 0 Å². The number of methoxy groups -OCH3 is 1. The fourth-order valence-electron chi connectivity index (χ4n) is 2.88. The minimum absolute atomic E-state index is 0.884. The molecule has 3 rings (SSSR count). The van der Waals surface area contributed by atoms with Crippen molar-refractivity contribution >= 4 is 29.2 Å². The summed E-state index contributed by atoms with van der Waals surface area (Å²) in [6.07, 6.45) is 0. The summed E-state index contributed by atoms with van der Waals surface area (Å²) in [6.45, 7) is 6.43. The first-order chi connectivity index (χ1) is 13.2. The number of nitrogens with zero attached hydrogens (tertiary/aromatic N) is 1. The standard InChI is InChI=1S/C23H25NOS2/c1-4-24(5-2)20-10-6-7-11-21(20)27-23-13-9-8-12-22(23)26-19-16-14-18(25-3)15-17-19/h6-17H,4-5H2,1-3H3. The molecule has 0 atom stereocenters. The molecular formula is C23H25NOS2. The summed E-state index contributed by atoms with van der Waals surface area (Å²) < 4.78 is 5.26. The van der Waals surface area contributed by atoms with Crippen LogP contribution >= 0.6 is 23.5 Å². The number of ether oxygens (including phenoxy) is 1. The molecule has 3 aromatic carbocycles. The smallest absolute Gasteiger partial charge is 0.118 e. The van der Waals surface area contributed by atoms with Crippen molar-refractivity contribution < 1.29 is 4.74 Å². The fourth-order valence-corrected chi connectivity index (χ4v) is 4.97. The largest absolute Gasteiger partial charge is 0.497 e. The first-order valence-corrected chi connectivity index (χ1v) is 10.8. The summed E-state index contributed by atoms with van der Waals surface area (Å²) in [5, 5.41) is 0. The molecule has 0 aromatic heterocycles. The predicted octanol–water partition coefficient (Wildman–Crippen LogP) is 6.84. The van der Waals surface area contributed by atoms with E-state index in [9.17, 15) is 0 Å². The molecule has 0 spiro atoms. The molecule has 4 heteroatoms. The SMILES string of the molecule is CCN(CC)c1ccccc1Sc1ccccc1Sc1ccc(OC)cc1. The molecule has 0 aliphatic carbocycles. The van der Waals surface area contributed by atoms with Crippen molar-refractivity contribution in [3.8, 4) is 5.75 Å². The highest BCUT2D eigenvalue weighted by molar-refractivity contribution is 8.02. The Morgan fingerprint density at radius 3 is 1.85 bits per heavy atom. The monoisotopic (exact) mass is 395 g/mol. The molecule has 0 aliphatic heterocycles. The van der Waals surface area contributed by atoms with Crippen molar-refractivity contribution in [1.29, 1.82) is 0 Å². The van der Waals surface area contributed by atoms with Crippen LogP contribution in [0.15, 0.2) is 92.4 Å². The molecule has 0 fully saturated rings. The maximum absolute atomic E-state index is 5.26. The molecule has 0 bridgehead atoms. The molecule has 2 nitrogen and oxygen atoms in total. The van der Waals surface area contributed by atoms with Gasteiger partial charge in [0.1, 0.15) is 5.75 Å². The molecule has 0 heterocycles. The third-order valence-corrected chi connectivity index (χ3v) is 6.68. The lowest BCUT2D eigenvalue weighted by atomic mass is 10.3. The average molecular weight is 396 g/mol. The number of hydrogen-bond donors (Lipinski definition) is 0. The summed E-state index contributed by atoms with van der Waals surface area (Å²) in [5.41, 5.74) is 1.30. The van der Waals surface area contributed by atoms with Gasteiger partial charge in [-0.2, -0.15) is 0 Å². The minimum Gasteiger partial charge on any atom is -0.497 e. The van der Waals surface area contributed by atoms with Gasteiger partial charge in [0.05, 0.1) is 12.8 Å². The van der Waals surface area contributed by atoms with Crippen molar-refractivity contribution in [2.45, 2.75) is 33.4 Å².